The summed E-state index contributed by atoms with van der Waals surface area (Å²) >= 11 is 0. The van der Waals surface area contributed by atoms with Gasteiger partial charge in [0.05, 0.1) is 26.4 Å². The summed E-state index contributed by atoms with van der Waals surface area (Å²) in [4.78, 5) is 0. The minimum Gasteiger partial charge on any atom is -0.394 e. The summed E-state index contributed by atoms with van der Waals surface area (Å²) in [5.74, 6) is 0. The molecule has 4 aliphatic heterocycles. The standard InChI is InChI=1S/C21H36O18/c22-1-7-16(15(31)17(18(32)36-7)39-20-13(29)10(26)6(24)3-34-20)38-21-14(30)11(27)8(4-35-21)37-19-12(28)9(25)5(23)2-33-19/h5-32H,1-4H2/t5-,6-,7+,8-,9+,10+,11+,12-,13-,14-,15-,16-,17+,18-,19+,20+,21+/m1/s1. The molecule has 0 radical (unpaired) electrons. The molecule has 0 saturated carbocycles. The first-order valence-electron chi connectivity index (χ1n) is 12.3. The smallest absolute Gasteiger partial charge is 0.186 e. The van der Waals surface area contributed by atoms with E-state index >= 15 is 0 Å². The summed E-state index contributed by atoms with van der Waals surface area (Å²) in [7, 11) is 0. The monoisotopic (exact) mass is 576 g/mol. The topological polar surface area (TPSA) is 287 Å². The highest BCUT2D eigenvalue weighted by Crippen LogP contribution is 2.31. The third kappa shape index (κ3) is 6.53. The predicted octanol–water partition coefficient (Wildman–Crippen LogP) is -7.83. The Morgan fingerprint density at radius 3 is 1.51 bits per heavy atom. The van der Waals surface area contributed by atoms with Crippen LogP contribution in [0.3, 0.4) is 0 Å². The van der Waals surface area contributed by atoms with Crippen molar-refractivity contribution in [2.75, 3.05) is 26.4 Å². The Bertz CT molecular complexity index is 777. The minimum absolute atomic E-state index is 0.361. The van der Waals surface area contributed by atoms with E-state index < -0.39 is 124 Å². The van der Waals surface area contributed by atoms with Crippen LogP contribution < -0.4 is 0 Å². The van der Waals surface area contributed by atoms with Crippen LogP contribution in [-0.4, -0.2) is 187 Å². The molecular formula is C21H36O18. The van der Waals surface area contributed by atoms with Gasteiger partial charge in [-0.05, 0) is 0 Å². The summed E-state index contributed by atoms with van der Waals surface area (Å²) in [5.41, 5.74) is 0. The van der Waals surface area contributed by atoms with Crippen LogP contribution in [0.5, 0.6) is 0 Å². The van der Waals surface area contributed by atoms with Crippen molar-refractivity contribution in [1.29, 1.82) is 0 Å². The zero-order chi connectivity index (χ0) is 28.6. The lowest BCUT2D eigenvalue weighted by molar-refractivity contribution is -0.376. The number of aliphatic hydroxyl groups is 11. The maximum atomic E-state index is 10.9. The molecule has 11 N–H and O–H groups in total. The summed E-state index contributed by atoms with van der Waals surface area (Å²) in [6, 6.07) is 0. The van der Waals surface area contributed by atoms with E-state index in [1.807, 2.05) is 0 Å². The molecule has 0 bridgehead atoms. The average molecular weight is 577 g/mol. The molecule has 17 atom stereocenters. The fourth-order valence-electron chi connectivity index (χ4n) is 4.66. The first-order chi connectivity index (χ1) is 18.4. The zero-order valence-corrected chi connectivity index (χ0v) is 20.4. The van der Waals surface area contributed by atoms with Gasteiger partial charge >= 0.3 is 0 Å². The highest BCUT2D eigenvalue weighted by Gasteiger charge is 2.52. The number of hydrogen-bond acceptors (Lipinski definition) is 18. The molecule has 18 nitrogen and oxygen atoms in total. The molecule has 39 heavy (non-hydrogen) atoms. The summed E-state index contributed by atoms with van der Waals surface area (Å²) in [6.45, 7) is -2.00. The molecule has 4 aliphatic rings. The molecule has 0 amide bonds. The molecule has 4 fully saturated rings. The molecule has 0 spiro atoms. The normalized spacial score (nSPS) is 53.5. The molecule has 0 unspecified atom stereocenters. The highest BCUT2D eigenvalue weighted by atomic mass is 16.8. The van der Waals surface area contributed by atoms with Crippen molar-refractivity contribution in [2.24, 2.45) is 0 Å². The van der Waals surface area contributed by atoms with Gasteiger partial charge in [0.15, 0.2) is 25.2 Å². The maximum absolute atomic E-state index is 10.9. The van der Waals surface area contributed by atoms with Gasteiger partial charge in [0.2, 0.25) is 0 Å². The van der Waals surface area contributed by atoms with Gasteiger partial charge < -0.3 is 89.3 Å². The highest BCUT2D eigenvalue weighted by molar-refractivity contribution is 4.94. The Morgan fingerprint density at radius 2 is 0.974 bits per heavy atom. The molecule has 0 aromatic heterocycles. The van der Waals surface area contributed by atoms with E-state index in [4.69, 9.17) is 33.2 Å². The quantitative estimate of drug-likeness (QED) is 0.134. The Morgan fingerprint density at radius 1 is 0.513 bits per heavy atom. The van der Waals surface area contributed by atoms with E-state index in [0.29, 0.717) is 0 Å². The van der Waals surface area contributed by atoms with Crippen molar-refractivity contribution in [2.45, 2.75) is 105 Å². The van der Waals surface area contributed by atoms with Gasteiger partial charge in [0.1, 0.15) is 79.4 Å². The SMILES string of the molecule is OC[C@@H]1O[C@@H](O)[C@@H](O[C@@H]2OC[C@@H](O)[C@H](O)[C@H]2O)[C@H](O)[C@@H]1O[C@@H]1OC[C@@H](O[C@@H]2OC[C@@H](O)[C@H](O)[C@H]2O)[C@H](O)[C@H]1O. The van der Waals surface area contributed by atoms with Crippen LogP contribution in [0.15, 0.2) is 0 Å². The maximum Gasteiger partial charge on any atom is 0.186 e. The van der Waals surface area contributed by atoms with Crippen molar-refractivity contribution in [3.05, 3.63) is 0 Å². The van der Waals surface area contributed by atoms with E-state index in [9.17, 15) is 56.2 Å². The lowest BCUT2D eigenvalue weighted by Gasteiger charge is -2.47. The summed E-state index contributed by atoms with van der Waals surface area (Å²) < 4.78 is 37.3. The molecule has 0 aliphatic carbocycles. The van der Waals surface area contributed by atoms with Crippen molar-refractivity contribution in [3.8, 4) is 0 Å². The van der Waals surface area contributed by atoms with Gasteiger partial charge in [-0.3, -0.25) is 0 Å². The molecule has 0 aromatic carbocycles. The first-order valence-corrected chi connectivity index (χ1v) is 12.3. The number of aliphatic hydroxyl groups excluding tert-OH is 11. The van der Waals surface area contributed by atoms with Crippen molar-refractivity contribution in [1.82, 2.24) is 0 Å². The number of rotatable bonds is 7. The molecule has 4 saturated heterocycles. The van der Waals surface area contributed by atoms with Crippen molar-refractivity contribution >= 4 is 0 Å². The third-order valence-corrected chi connectivity index (χ3v) is 7.05. The fraction of sp³-hybridized carbons (Fsp3) is 1.00. The van der Waals surface area contributed by atoms with Crippen LogP contribution in [0.4, 0.5) is 0 Å². The Hall–Kier alpha value is -0.720. The summed E-state index contributed by atoms with van der Waals surface area (Å²) in [5, 5.41) is 111. The van der Waals surface area contributed by atoms with Crippen LogP contribution >= 0.6 is 0 Å². The second-order valence-electron chi connectivity index (χ2n) is 9.80. The number of ether oxygens (including phenoxy) is 7. The largest absolute Gasteiger partial charge is 0.394 e. The number of hydrogen-bond donors (Lipinski definition) is 11. The van der Waals surface area contributed by atoms with Crippen LogP contribution in [0.1, 0.15) is 0 Å². The van der Waals surface area contributed by atoms with Gasteiger partial charge in [0, 0.05) is 0 Å². The van der Waals surface area contributed by atoms with Gasteiger partial charge in [-0.1, -0.05) is 0 Å². The van der Waals surface area contributed by atoms with E-state index in [1.165, 1.54) is 0 Å². The van der Waals surface area contributed by atoms with E-state index in [2.05, 4.69) is 0 Å². The Labute approximate surface area is 221 Å². The zero-order valence-electron chi connectivity index (χ0n) is 20.4. The van der Waals surface area contributed by atoms with Crippen molar-refractivity contribution < 1.29 is 89.3 Å². The molecule has 4 heterocycles. The van der Waals surface area contributed by atoms with E-state index in [-0.39, 0.29) is 6.61 Å². The Balaban J connectivity index is 1.38. The molecule has 18 heteroatoms. The first kappa shape index (κ1) is 31.2. The third-order valence-electron chi connectivity index (χ3n) is 7.05. The van der Waals surface area contributed by atoms with Gasteiger partial charge in [-0.25, -0.2) is 0 Å². The van der Waals surface area contributed by atoms with E-state index in [0.717, 1.165) is 0 Å². The fourth-order valence-corrected chi connectivity index (χ4v) is 4.66. The van der Waals surface area contributed by atoms with Crippen LogP contribution in [0, 0.1) is 0 Å². The van der Waals surface area contributed by atoms with Crippen LogP contribution in [0.25, 0.3) is 0 Å². The van der Waals surface area contributed by atoms with Gasteiger partial charge in [-0.2, -0.15) is 0 Å². The molecule has 4 rings (SSSR count). The van der Waals surface area contributed by atoms with E-state index in [1.54, 1.807) is 0 Å². The minimum atomic E-state index is -1.87. The second kappa shape index (κ2) is 13.1. The molecule has 228 valence electrons. The van der Waals surface area contributed by atoms with Gasteiger partial charge in [-0.15, -0.1) is 0 Å². The Kier molecular flexibility index (Phi) is 10.5. The summed E-state index contributed by atoms with van der Waals surface area (Å²) in [6.07, 6.45) is -27.1. The molecular weight excluding hydrogens is 540 g/mol. The lowest BCUT2D eigenvalue weighted by Crippen LogP contribution is -2.65. The van der Waals surface area contributed by atoms with Crippen LogP contribution in [-0.2, 0) is 33.2 Å². The van der Waals surface area contributed by atoms with Gasteiger partial charge in [0.25, 0.3) is 0 Å². The molecule has 0 aromatic rings. The lowest BCUT2D eigenvalue weighted by atomic mass is 9.97. The van der Waals surface area contributed by atoms with Crippen LogP contribution in [0.2, 0.25) is 0 Å². The predicted molar refractivity (Wildman–Crippen MR) is 116 cm³/mol. The second-order valence-corrected chi connectivity index (χ2v) is 9.80. The van der Waals surface area contributed by atoms with Crippen molar-refractivity contribution in [3.63, 3.8) is 0 Å². The average Bonchev–Trinajstić information content (AvgIpc) is 2.91.